The average molecular weight is 335 g/mol. The van der Waals surface area contributed by atoms with Crippen LogP contribution in [0.1, 0.15) is 64.7 Å². The Bertz CT molecular complexity index is 405. The summed E-state index contributed by atoms with van der Waals surface area (Å²) in [4.78, 5) is 10.9. The Morgan fingerprint density at radius 3 is 2.42 bits per heavy atom. The lowest BCUT2D eigenvalue weighted by atomic mass is 10.1. The monoisotopic (exact) mass is 334 g/mol. The molecule has 0 bridgehead atoms. The summed E-state index contributed by atoms with van der Waals surface area (Å²) in [5.41, 5.74) is 0. The van der Waals surface area contributed by atoms with Gasteiger partial charge in [0.25, 0.3) is 0 Å². The zero-order valence-electron chi connectivity index (χ0n) is 15.3. The third-order valence-electron chi connectivity index (χ3n) is 3.54. The molecule has 1 atom stereocenters. The Labute approximate surface area is 147 Å². The Hall–Kier alpha value is -1.61. The number of ether oxygens (including phenoxy) is 1. The van der Waals surface area contributed by atoms with Crippen molar-refractivity contribution in [3.63, 3.8) is 0 Å². The molecule has 0 spiro atoms. The maximum absolute atomic E-state index is 10.9. The highest BCUT2D eigenvalue weighted by Gasteiger charge is 2.02. The summed E-state index contributed by atoms with van der Waals surface area (Å²) in [6.07, 6.45) is 24.4. The van der Waals surface area contributed by atoms with Crippen LogP contribution >= 0.6 is 0 Å². The van der Waals surface area contributed by atoms with Crippen LogP contribution in [-0.4, -0.2) is 24.3 Å². The van der Waals surface area contributed by atoms with E-state index in [1.54, 1.807) is 6.08 Å². The van der Waals surface area contributed by atoms with E-state index >= 15 is 0 Å². The van der Waals surface area contributed by atoms with Gasteiger partial charge in [0.05, 0.1) is 13.2 Å². The van der Waals surface area contributed by atoms with Crippen LogP contribution < -0.4 is 0 Å². The Balaban J connectivity index is 3.62. The number of allylic oxidation sites excluding steroid dienone is 7. The average Bonchev–Trinajstić information content (AvgIpc) is 2.58. The minimum absolute atomic E-state index is 0.228. The topological polar surface area (TPSA) is 46.5 Å². The smallest absolute Gasteiger partial charge is 0.305 e. The molecule has 0 saturated carbocycles. The lowest BCUT2D eigenvalue weighted by Gasteiger charge is -2.03. The van der Waals surface area contributed by atoms with Crippen molar-refractivity contribution in [2.75, 3.05) is 7.11 Å². The maximum Gasteiger partial charge on any atom is 0.305 e. The van der Waals surface area contributed by atoms with E-state index in [-0.39, 0.29) is 5.97 Å². The normalized spacial score (nSPS) is 13.6. The van der Waals surface area contributed by atoms with Gasteiger partial charge in [0.2, 0.25) is 0 Å². The third-order valence-corrected chi connectivity index (χ3v) is 3.54. The van der Waals surface area contributed by atoms with Crippen molar-refractivity contribution in [2.45, 2.75) is 70.8 Å². The largest absolute Gasteiger partial charge is 0.469 e. The minimum Gasteiger partial charge on any atom is -0.469 e. The number of aliphatic hydroxyl groups excluding tert-OH is 1. The first kappa shape index (κ1) is 22.4. The quantitative estimate of drug-likeness (QED) is 0.203. The predicted octanol–water partition coefficient (Wildman–Crippen LogP) is 5.28. The van der Waals surface area contributed by atoms with Crippen LogP contribution in [0, 0.1) is 0 Å². The summed E-state index contributed by atoms with van der Waals surface area (Å²) >= 11 is 0. The van der Waals surface area contributed by atoms with E-state index in [1.807, 2.05) is 12.2 Å². The molecule has 0 heterocycles. The molecule has 0 aromatic carbocycles. The van der Waals surface area contributed by atoms with Crippen molar-refractivity contribution in [3.05, 3.63) is 48.6 Å². The number of hydrogen-bond donors (Lipinski definition) is 1. The summed E-state index contributed by atoms with van der Waals surface area (Å²) in [5, 5.41) is 9.72. The number of esters is 1. The van der Waals surface area contributed by atoms with Gasteiger partial charge < -0.3 is 9.84 Å². The standard InChI is InChI=1S/C21H34O3/c1-3-4-5-6-7-8-9-10-11-12-13-14-15-17-20(22)18-16-19-21(23)24-2/h7-8,10-11,13-15,17,20,22H,3-6,9,12,16,18-19H2,1-2H3/b8-7+,11-10-,14-13+,17-15+/t20-/m0/s1. The minimum atomic E-state index is -0.507. The Kier molecular flexibility index (Phi) is 16.5. The number of carbonyl (C=O) groups is 1. The summed E-state index contributed by atoms with van der Waals surface area (Å²) in [7, 11) is 1.38. The third kappa shape index (κ3) is 16.8. The van der Waals surface area contributed by atoms with E-state index in [0.29, 0.717) is 19.3 Å². The van der Waals surface area contributed by atoms with Crippen molar-refractivity contribution >= 4 is 5.97 Å². The molecular formula is C21H34O3. The van der Waals surface area contributed by atoms with Crippen LogP contribution in [0.4, 0.5) is 0 Å². The highest BCUT2D eigenvalue weighted by molar-refractivity contribution is 5.68. The first-order chi connectivity index (χ1) is 11.7. The van der Waals surface area contributed by atoms with Gasteiger partial charge in [0.15, 0.2) is 0 Å². The van der Waals surface area contributed by atoms with Crippen LogP contribution in [0.5, 0.6) is 0 Å². The van der Waals surface area contributed by atoms with E-state index < -0.39 is 6.10 Å². The summed E-state index contributed by atoms with van der Waals surface area (Å²) in [5.74, 6) is -0.228. The van der Waals surface area contributed by atoms with Gasteiger partial charge in [0, 0.05) is 6.42 Å². The highest BCUT2D eigenvalue weighted by atomic mass is 16.5. The second-order valence-corrected chi connectivity index (χ2v) is 5.76. The van der Waals surface area contributed by atoms with Gasteiger partial charge in [-0.05, 0) is 38.5 Å². The molecule has 0 aliphatic heterocycles. The summed E-state index contributed by atoms with van der Waals surface area (Å²) in [6, 6.07) is 0. The number of unbranched alkanes of at least 4 members (excludes halogenated alkanes) is 3. The molecule has 0 aromatic heterocycles. The van der Waals surface area contributed by atoms with Crippen LogP contribution in [0.25, 0.3) is 0 Å². The van der Waals surface area contributed by atoms with E-state index in [4.69, 9.17) is 0 Å². The molecule has 3 heteroatoms. The van der Waals surface area contributed by atoms with Crippen molar-refractivity contribution in [3.8, 4) is 0 Å². The SMILES string of the molecule is CCCCC/C=C/C/C=C\C/C=C/C=C/[C@H](O)CCCC(=O)OC. The van der Waals surface area contributed by atoms with E-state index in [2.05, 4.69) is 42.0 Å². The number of rotatable bonds is 14. The lowest BCUT2D eigenvalue weighted by Crippen LogP contribution is -2.05. The lowest BCUT2D eigenvalue weighted by molar-refractivity contribution is -0.140. The Morgan fingerprint density at radius 1 is 1.00 bits per heavy atom. The molecule has 0 unspecified atom stereocenters. The zero-order valence-corrected chi connectivity index (χ0v) is 15.3. The fraction of sp³-hybridized carbons (Fsp3) is 0.571. The molecule has 24 heavy (non-hydrogen) atoms. The molecule has 0 radical (unpaired) electrons. The first-order valence-electron chi connectivity index (χ1n) is 9.08. The predicted molar refractivity (Wildman–Crippen MR) is 102 cm³/mol. The highest BCUT2D eigenvalue weighted by Crippen LogP contribution is 2.03. The van der Waals surface area contributed by atoms with Crippen LogP contribution in [0.3, 0.4) is 0 Å². The van der Waals surface area contributed by atoms with Crippen LogP contribution in [0.2, 0.25) is 0 Å². The molecule has 3 nitrogen and oxygen atoms in total. The molecule has 0 amide bonds. The van der Waals surface area contributed by atoms with Crippen molar-refractivity contribution in [2.24, 2.45) is 0 Å². The van der Waals surface area contributed by atoms with Crippen molar-refractivity contribution < 1.29 is 14.6 Å². The van der Waals surface area contributed by atoms with E-state index in [0.717, 1.165) is 12.8 Å². The summed E-state index contributed by atoms with van der Waals surface area (Å²) < 4.78 is 4.55. The van der Waals surface area contributed by atoms with Gasteiger partial charge in [-0.2, -0.15) is 0 Å². The van der Waals surface area contributed by atoms with Crippen LogP contribution in [-0.2, 0) is 9.53 Å². The molecule has 0 fully saturated rings. The van der Waals surface area contributed by atoms with E-state index in [1.165, 1.54) is 32.8 Å². The van der Waals surface area contributed by atoms with E-state index in [9.17, 15) is 9.90 Å². The molecule has 0 saturated heterocycles. The molecule has 0 aliphatic rings. The number of methoxy groups -OCH3 is 1. The molecular weight excluding hydrogens is 300 g/mol. The molecule has 0 aliphatic carbocycles. The number of aliphatic hydroxyl groups is 1. The number of hydrogen-bond acceptors (Lipinski definition) is 3. The zero-order chi connectivity index (χ0) is 17.9. The van der Waals surface area contributed by atoms with Gasteiger partial charge in [-0.25, -0.2) is 0 Å². The molecule has 0 aromatic rings. The van der Waals surface area contributed by atoms with Gasteiger partial charge >= 0.3 is 5.97 Å². The summed E-state index contributed by atoms with van der Waals surface area (Å²) in [6.45, 7) is 2.22. The van der Waals surface area contributed by atoms with Crippen molar-refractivity contribution in [1.82, 2.24) is 0 Å². The van der Waals surface area contributed by atoms with Gasteiger partial charge in [-0.1, -0.05) is 68.4 Å². The molecule has 0 rings (SSSR count). The maximum atomic E-state index is 10.9. The second kappa shape index (κ2) is 17.7. The molecule has 1 N–H and O–H groups in total. The Morgan fingerprint density at radius 2 is 1.71 bits per heavy atom. The van der Waals surface area contributed by atoms with Gasteiger partial charge in [-0.15, -0.1) is 0 Å². The second-order valence-electron chi connectivity index (χ2n) is 5.76. The van der Waals surface area contributed by atoms with Gasteiger partial charge in [0.1, 0.15) is 0 Å². The first-order valence-corrected chi connectivity index (χ1v) is 9.08. The number of carbonyl (C=O) groups excluding carboxylic acids is 1. The molecule has 136 valence electrons. The van der Waals surface area contributed by atoms with Gasteiger partial charge in [-0.3, -0.25) is 4.79 Å². The fourth-order valence-electron chi connectivity index (χ4n) is 2.08. The fourth-order valence-corrected chi connectivity index (χ4v) is 2.08. The van der Waals surface area contributed by atoms with Crippen LogP contribution in [0.15, 0.2) is 48.6 Å². The van der Waals surface area contributed by atoms with Crippen molar-refractivity contribution in [1.29, 1.82) is 0 Å².